The Kier molecular flexibility index (Phi) is 5.11. The van der Waals surface area contributed by atoms with Gasteiger partial charge in [-0.05, 0) is 19.3 Å². The van der Waals surface area contributed by atoms with E-state index in [-0.39, 0.29) is 17.6 Å². The number of rotatable bonds is 7. The summed E-state index contributed by atoms with van der Waals surface area (Å²) in [7, 11) is 0. The SMILES string of the molecule is O=C(O)CCCCCOc1co[c]cc1=O. The summed E-state index contributed by atoms with van der Waals surface area (Å²) in [5.41, 5.74) is -0.267. The van der Waals surface area contributed by atoms with Gasteiger partial charge in [0.05, 0.1) is 6.61 Å². The highest BCUT2D eigenvalue weighted by Crippen LogP contribution is 2.04. The van der Waals surface area contributed by atoms with Gasteiger partial charge in [-0.2, -0.15) is 0 Å². The van der Waals surface area contributed by atoms with Crippen molar-refractivity contribution < 1.29 is 19.1 Å². The van der Waals surface area contributed by atoms with Crippen LogP contribution in [0.4, 0.5) is 0 Å². The monoisotopic (exact) mass is 225 g/mol. The lowest BCUT2D eigenvalue weighted by Gasteiger charge is -2.03. The van der Waals surface area contributed by atoms with E-state index in [1.807, 2.05) is 0 Å². The minimum Gasteiger partial charge on any atom is -0.487 e. The molecule has 0 bridgehead atoms. The average Bonchev–Trinajstić information content (AvgIpc) is 2.25. The van der Waals surface area contributed by atoms with Crippen LogP contribution in [0.2, 0.25) is 0 Å². The minimum atomic E-state index is -0.792. The standard InChI is InChI=1S/C11H13O5/c12-9-5-7-15-8-10(9)16-6-3-1-2-4-11(13)14/h5,8H,1-4,6H2,(H,13,14). The first-order valence-corrected chi connectivity index (χ1v) is 5.03. The summed E-state index contributed by atoms with van der Waals surface area (Å²) >= 11 is 0. The Balaban J connectivity index is 2.14. The average molecular weight is 225 g/mol. The van der Waals surface area contributed by atoms with E-state index in [4.69, 9.17) is 9.84 Å². The molecule has 0 aliphatic heterocycles. The van der Waals surface area contributed by atoms with Crippen LogP contribution in [0.3, 0.4) is 0 Å². The van der Waals surface area contributed by atoms with Crippen LogP contribution in [-0.4, -0.2) is 17.7 Å². The number of ether oxygens (including phenoxy) is 1. The summed E-state index contributed by atoms with van der Waals surface area (Å²) in [6.07, 6.45) is 5.76. The molecule has 1 aromatic rings. The van der Waals surface area contributed by atoms with Gasteiger partial charge in [-0.1, -0.05) is 0 Å². The number of unbranched alkanes of at least 4 members (excludes halogenated alkanes) is 2. The van der Waals surface area contributed by atoms with Crippen molar-refractivity contribution in [2.45, 2.75) is 25.7 Å². The molecule has 1 N–H and O–H groups in total. The molecule has 1 rings (SSSR count). The van der Waals surface area contributed by atoms with Gasteiger partial charge in [0.2, 0.25) is 11.2 Å². The molecule has 0 saturated carbocycles. The first kappa shape index (κ1) is 12.3. The molecule has 16 heavy (non-hydrogen) atoms. The van der Waals surface area contributed by atoms with Crippen LogP contribution in [0.15, 0.2) is 21.5 Å². The predicted octanol–water partition coefficient (Wildman–Crippen LogP) is 1.46. The summed E-state index contributed by atoms with van der Waals surface area (Å²) in [4.78, 5) is 21.3. The van der Waals surface area contributed by atoms with Crippen LogP contribution < -0.4 is 10.2 Å². The lowest BCUT2D eigenvalue weighted by molar-refractivity contribution is -0.137. The van der Waals surface area contributed by atoms with Crippen molar-refractivity contribution in [1.82, 2.24) is 0 Å². The highest BCUT2D eigenvalue weighted by molar-refractivity contribution is 5.66. The van der Waals surface area contributed by atoms with Gasteiger partial charge in [-0.25, -0.2) is 0 Å². The first-order valence-electron chi connectivity index (χ1n) is 5.03. The van der Waals surface area contributed by atoms with Crippen LogP contribution >= 0.6 is 0 Å². The second-order valence-electron chi connectivity index (χ2n) is 3.28. The Labute approximate surface area is 92.7 Å². The molecule has 0 atom stereocenters. The number of carboxylic acid groups (broad SMARTS) is 1. The van der Waals surface area contributed by atoms with Gasteiger partial charge < -0.3 is 14.3 Å². The van der Waals surface area contributed by atoms with Crippen molar-refractivity contribution in [2.75, 3.05) is 6.61 Å². The van der Waals surface area contributed by atoms with Crippen molar-refractivity contribution in [3.8, 4) is 5.75 Å². The van der Waals surface area contributed by atoms with E-state index >= 15 is 0 Å². The predicted molar refractivity (Wildman–Crippen MR) is 55.4 cm³/mol. The van der Waals surface area contributed by atoms with Crippen molar-refractivity contribution in [3.63, 3.8) is 0 Å². The quantitative estimate of drug-likeness (QED) is 0.711. The maximum absolute atomic E-state index is 11.1. The second-order valence-corrected chi connectivity index (χ2v) is 3.28. The molecule has 0 aliphatic rings. The normalized spacial score (nSPS) is 10.0. The molecule has 0 saturated heterocycles. The zero-order valence-electron chi connectivity index (χ0n) is 8.77. The molecule has 1 heterocycles. The molecule has 87 valence electrons. The number of hydrogen-bond acceptors (Lipinski definition) is 4. The van der Waals surface area contributed by atoms with Crippen LogP contribution in [-0.2, 0) is 4.79 Å². The number of carbonyl (C=O) groups is 1. The molecule has 0 amide bonds. The molecular formula is C11H13O5. The Morgan fingerprint density at radius 1 is 1.44 bits per heavy atom. The zero-order chi connectivity index (χ0) is 11.8. The largest absolute Gasteiger partial charge is 0.487 e. The molecule has 1 radical (unpaired) electrons. The Hall–Kier alpha value is -1.78. The van der Waals surface area contributed by atoms with Crippen molar-refractivity contribution in [2.24, 2.45) is 0 Å². The third kappa shape index (κ3) is 4.63. The maximum atomic E-state index is 11.1. The Morgan fingerprint density at radius 2 is 2.25 bits per heavy atom. The van der Waals surface area contributed by atoms with E-state index in [2.05, 4.69) is 10.7 Å². The van der Waals surface area contributed by atoms with Crippen LogP contribution in [0.5, 0.6) is 5.75 Å². The van der Waals surface area contributed by atoms with Gasteiger partial charge in [0.15, 0.2) is 6.26 Å². The molecule has 5 heteroatoms. The molecule has 0 fully saturated rings. The third-order valence-electron chi connectivity index (χ3n) is 1.96. The van der Waals surface area contributed by atoms with Gasteiger partial charge in [0.25, 0.3) is 0 Å². The van der Waals surface area contributed by atoms with Gasteiger partial charge >= 0.3 is 5.97 Å². The van der Waals surface area contributed by atoms with E-state index in [9.17, 15) is 9.59 Å². The number of aliphatic carboxylic acids is 1. The molecule has 0 aliphatic carbocycles. The second kappa shape index (κ2) is 6.66. The molecule has 0 spiro atoms. The fourth-order valence-electron chi connectivity index (χ4n) is 1.15. The van der Waals surface area contributed by atoms with Crippen molar-refractivity contribution in [3.05, 3.63) is 28.8 Å². The first-order chi connectivity index (χ1) is 7.70. The Morgan fingerprint density at radius 3 is 2.94 bits per heavy atom. The topological polar surface area (TPSA) is 76.7 Å². The van der Waals surface area contributed by atoms with Crippen molar-refractivity contribution in [1.29, 1.82) is 0 Å². The molecule has 1 aromatic heterocycles. The van der Waals surface area contributed by atoms with E-state index in [1.54, 1.807) is 0 Å². The summed E-state index contributed by atoms with van der Waals surface area (Å²) < 4.78 is 9.84. The van der Waals surface area contributed by atoms with Gasteiger partial charge in [-0.3, -0.25) is 9.59 Å². The fraction of sp³-hybridized carbons (Fsp3) is 0.455. The molecule has 0 unspecified atom stereocenters. The lowest BCUT2D eigenvalue weighted by atomic mass is 10.2. The minimum absolute atomic E-state index is 0.164. The van der Waals surface area contributed by atoms with Crippen LogP contribution in [0.1, 0.15) is 25.7 Å². The van der Waals surface area contributed by atoms with E-state index in [0.29, 0.717) is 19.4 Å². The zero-order valence-corrected chi connectivity index (χ0v) is 8.77. The molecule has 5 nitrogen and oxygen atoms in total. The van der Waals surface area contributed by atoms with Gasteiger partial charge in [0, 0.05) is 12.5 Å². The highest BCUT2D eigenvalue weighted by Gasteiger charge is 2.00. The lowest BCUT2D eigenvalue weighted by Crippen LogP contribution is -2.07. The molecular weight excluding hydrogens is 212 g/mol. The highest BCUT2D eigenvalue weighted by atomic mass is 16.5. The maximum Gasteiger partial charge on any atom is 0.303 e. The fourth-order valence-corrected chi connectivity index (χ4v) is 1.15. The van der Waals surface area contributed by atoms with Crippen LogP contribution in [0, 0.1) is 6.26 Å². The van der Waals surface area contributed by atoms with Gasteiger partial charge in [0.1, 0.15) is 6.26 Å². The third-order valence-corrected chi connectivity index (χ3v) is 1.96. The summed E-state index contributed by atoms with van der Waals surface area (Å²) in [6.45, 7) is 0.383. The summed E-state index contributed by atoms with van der Waals surface area (Å²) in [5.74, 6) is -0.628. The van der Waals surface area contributed by atoms with Crippen molar-refractivity contribution >= 4 is 5.97 Å². The van der Waals surface area contributed by atoms with Crippen LogP contribution in [0.25, 0.3) is 0 Å². The number of hydrogen-bond donors (Lipinski definition) is 1. The summed E-state index contributed by atoms with van der Waals surface area (Å²) in [6, 6.07) is 1.17. The smallest absolute Gasteiger partial charge is 0.303 e. The molecule has 0 aromatic carbocycles. The van der Waals surface area contributed by atoms with E-state index < -0.39 is 5.97 Å². The number of carboxylic acids is 1. The van der Waals surface area contributed by atoms with E-state index in [1.165, 1.54) is 12.3 Å². The van der Waals surface area contributed by atoms with Gasteiger partial charge in [-0.15, -0.1) is 0 Å². The van der Waals surface area contributed by atoms with E-state index in [0.717, 1.165) is 6.42 Å². The Bertz CT molecular complexity index is 382. The summed E-state index contributed by atoms with van der Waals surface area (Å²) in [5, 5.41) is 8.40.